The monoisotopic (exact) mass is 418 g/mol. The fourth-order valence-electron chi connectivity index (χ4n) is 3.50. The summed E-state index contributed by atoms with van der Waals surface area (Å²) in [6.45, 7) is 0.0700. The third-order valence-electron chi connectivity index (χ3n) is 5.15. The Hall–Kier alpha value is -2.45. The second-order valence-corrected chi connectivity index (χ2v) is 9.40. The molecule has 1 amide bonds. The zero-order chi connectivity index (χ0) is 20.4. The Labute approximate surface area is 169 Å². The van der Waals surface area contributed by atoms with Gasteiger partial charge in [0.25, 0.3) is 5.91 Å². The predicted molar refractivity (Wildman–Crippen MR) is 107 cm³/mol. The van der Waals surface area contributed by atoms with E-state index in [4.69, 9.17) is 4.74 Å². The first-order chi connectivity index (χ1) is 13.9. The van der Waals surface area contributed by atoms with Crippen molar-refractivity contribution in [1.29, 1.82) is 0 Å². The summed E-state index contributed by atoms with van der Waals surface area (Å²) in [5.41, 5.74) is 2.05. The summed E-state index contributed by atoms with van der Waals surface area (Å²) in [5.74, 6) is -0.539. The topological polar surface area (TPSA) is 84.5 Å². The molecule has 2 aromatic carbocycles. The maximum absolute atomic E-state index is 14.4. The molecule has 1 atom stereocenters. The van der Waals surface area contributed by atoms with Gasteiger partial charge in [-0.1, -0.05) is 30.3 Å². The zero-order valence-corrected chi connectivity index (χ0v) is 16.7. The van der Waals surface area contributed by atoms with E-state index in [1.807, 2.05) is 30.3 Å². The quantitative estimate of drug-likeness (QED) is 0.613. The first-order valence-corrected chi connectivity index (χ1v) is 11.3. The van der Waals surface area contributed by atoms with Crippen LogP contribution >= 0.6 is 0 Å². The molecular formula is C21H23FN2O4S. The number of rotatable bonds is 9. The van der Waals surface area contributed by atoms with E-state index in [-0.39, 0.29) is 42.5 Å². The summed E-state index contributed by atoms with van der Waals surface area (Å²) in [6, 6.07) is 12.2. The highest BCUT2D eigenvalue weighted by molar-refractivity contribution is 7.89. The summed E-state index contributed by atoms with van der Waals surface area (Å²) >= 11 is 0. The van der Waals surface area contributed by atoms with Crippen LogP contribution in [0.25, 0.3) is 0 Å². The molecule has 0 saturated heterocycles. The summed E-state index contributed by atoms with van der Waals surface area (Å²) < 4.78 is 46.1. The number of fused-ring (bicyclic) bond motifs is 1. The third kappa shape index (κ3) is 4.94. The molecule has 1 aliphatic heterocycles. The molecular weight excluding hydrogens is 395 g/mol. The predicted octanol–water partition coefficient (Wildman–Crippen LogP) is 2.56. The fraction of sp³-hybridized carbons (Fsp3) is 0.381. The van der Waals surface area contributed by atoms with Gasteiger partial charge in [0.2, 0.25) is 10.0 Å². The van der Waals surface area contributed by atoms with Crippen LogP contribution in [0.4, 0.5) is 4.39 Å². The lowest BCUT2D eigenvalue weighted by Crippen LogP contribution is -2.31. The van der Waals surface area contributed by atoms with Crippen LogP contribution in [0.2, 0.25) is 0 Å². The lowest BCUT2D eigenvalue weighted by molar-refractivity contribution is 0.0956. The molecule has 154 valence electrons. The van der Waals surface area contributed by atoms with E-state index in [1.165, 1.54) is 12.1 Å². The van der Waals surface area contributed by atoms with Gasteiger partial charge in [0.1, 0.15) is 6.61 Å². The largest absolute Gasteiger partial charge is 0.489 e. The molecule has 2 aliphatic rings. The number of ether oxygens (including phenoxy) is 1. The molecule has 8 heteroatoms. The molecule has 1 fully saturated rings. The van der Waals surface area contributed by atoms with Crippen molar-refractivity contribution in [3.63, 3.8) is 0 Å². The zero-order valence-electron chi connectivity index (χ0n) is 15.9. The van der Waals surface area contributed by atoms with Crippen molar-refractivity contribution in [2.24, 2.45) is 5.92 Å². The van der Waals surface area contributed by atoms with Crippen molar-refractivity contribution in [3.8, 4) is 5.75 Å². The second kappa shape index (κ2) is 8.12. The fourth-order valence-corrected chi connectivity index (χ4v) is 4.97. The second-order valence-electron chi connectivity index (χ2n) is 7.55. The van der Waals surface area contributed by atoms with Gasteiger partial charge in [0.05, 0.1) is 11.8 Å². The molecule has 4 rings (SSSR count). The number of carbonyl (C=O) groups excluding carboxylic acids is 1. The first kappa shape index (κ1) is 19.8. The van der Waals surface area contributed by atoms with Gasteiger partial charge in [0, 0.05) is 12.1 Å². The molecule has 0 bridgehead atoms. The van der Waals surface area contributed by atoms with E-state index < -0.39 is 15.8 Å². The lowest BCUT2D eigenvalue weighted by Gasteiger charge is -2.14. The molecule has 1 heterocycles. The minimum absolute atomic E-state index is 0.00430. The van der Waals surface area contributed by atoms with Crippen molar-refractivity contribution in [2.75, 3.05) is 18.9 Å². The van der Waals surface area contributed by atoms with Gasteiger partial charge in [-0.25, -0.2) is 17.5 Å². The van der Waals surface area contributed by atoms with Crippen molar-refractivity contribution in [3.05, 3.63) is 65.0 Å². The standard InChI is InChI=1S/C21H23FN2O4S/c22-18-11-17-16(19(24-21(17)25)10-14-4-2-1-3-5-14)12-20(18)28-9-8-23-29(26,27)13-15-6-7-15/h1-5,11-12,15,19,23H,6-10,13H2,(H,24,25). The van der Waals surface area contributed by atoms with E-state index >= 15 is 0 Å². The highest BCUT2D eigenvalue weighted by Gasteiger charge is 2.31. The number of hydrogen-bond acceptors (Lipinski definition) is 4. The molecule has 1 unspecified atom stereocenters. The minimum atomic E-state index is -3.32. The average molecular weight is 418 g/mol. The van der Waals surface area contributed by atoms with Crippen LogP contribution in [-0.4, -0.2) is 33.2 Å². The van der Waals surface area contributed by atoms with E-state index in [9.17, 15) is 17.6 Å². The van der Waals surface area contributed by atoms with Gasteiger partial charge in [-0.05, 0) is 48.4 Å². The van der Waals surface area contributed by atoms with Crippen molar-refractivity contribution < 1.29 is 22.3 Å². The van der Waals surface area contributed by atoms with E-state index in [1.54, 1.807) is 0 Å². The summed E-state index contributed by atoms with van der Waals surface area (Å²) in [5, 5.41) is 2.88. The number of nitrogens with one attached hydrogen (secondary N) is 2. The van der Waals surface area contributed by atoms with Crippen molar-refractivity contribution in [2.45, 2.75) is 25.3 Å². The highest BCUT2D eigenvalue weighted by Crippen LogP contribution is 2.33. The van der Waals surface area contributed by atoms with Gasteiger partial charge in [-0.3, -0.25) is 4.79 Å². The van der Waals surface area contributed by atoms with Gasteiger partial charge in [-0.2, -0.15) is 0 Å². The molecule has 1 saturated carbocycles. The van der Waals surface area contributed by atoms with Crippen molar-refractivity contribution >= 4 is 15.9 Å². The third-order valence-corrected chi connectivity index (χ3v) is 6.70. The number of amides is 1. The number of carbonyl (C=O) groups is 1. The van der Waals surface area contributed by atoms with E-state index in [0.717, 1.165) is 18.4 Å². The molecule has 0 spiro atoms. The van der Waals surface area contributed by atoms with Crippen LogP contribution in [0.15, 0.2) is 42.5 Å². The van der Waals surface area contributed by atoms with E-state index in [0.29, 0.717) is 17.5 Å². The summed E-state index contributed by atoms with van der Waals surface area (Å²) in [7, 11) is -3.32. The van der Waals surface area contributed by atoms with E-state index in [2.05, 4.69) is 10.0 Å². The Bertz CT molecular complexity index is 1010. The average Bonchev–Trinajstić information content (AvgIpc) is 3.44. The van der Waals surface area contributed by atoms with Gasteiger partial charge in [-0.15, -0.1) is 0 Å². The van der Waals surface area contributed by atoms with Crippen LogP contribution in [0.1, 0.15) is 40.4 Å². The van der Waals surface area contributed by atoms with Crippen LogP contribution in [0.3, 0.4) is 0 Å². The van der Waals surface area contributed by atoms with Gasteiger partial charge < -0.3 is 10.1 Å². The Morgan fingerprint density at radius 2 is 1.93 bits per heavy atom. The highest BCUT2D eigenvalue weighted by atomic mass is 32.2. The lowest BCUT2D eigenvalue weighted by atomic mass is 9.98. The Balaban J connectivity index is 1.41. The van der Waals surface area contributed by atoms with Gasteiger partial charge >= 0.3 is 0 Å². The molecule has 0 radical (unpaired) electrons. The maximum atomic E-state index is 14.4. The Kier molecular flexibility index (Phi) is 5.56. The molecule has 6 nitrogen and oxygen atoms in total. The van der Waals surface area contributed by atoms with Crippen LogP contribution in [0.5, 0.6) is 5.75 Å². The smallest absolute Gasteiger partial charge is 0.252 e. The van der Waals surface area contributed by atoms with Crippen LogP contribution in [-0.2, 0) is 16.4 Å². The number of hydrogen-bond donors (Lipinski definition) is 2. The summed E-state index contributed by atoms with van der Waals surface area (Å²) in [6.07, 6.45) is 2.49. The van der Waals surface area contributed by atoms with Crippen LogP contribution in [0, 0.1) is 11.7 Å². The molecule has 2 aromatic rings. The van der Waals surface area contributed by atoms with Crippen molar-refractivity contribution in [1.82, 2.24) is 10.0 Å². The van der Waals surface area contributed by atoms with Crippen LogP contribution < -0.4 is 14.8 Å². The first-order valence-electron chi connectivity index (χ1n) is 9.69. The number of sulfonamides is 1. The molecule has 2 N–H and O–H groups in total. The number of halogens is 1. The molecule has 1 aliphatic carbocycles. The number of benzene rings is 2. The van der Waals surface area contributed by atoms with Gasteiger partial charge in [0.15, 0.2) is 11.6 Å². The Morgan fingerprint density at radius 1 is 1.17 bits per heavy atom. The SMILES string of the molecule is O=C1NC(Cc2ccccc2)c2cc(OCCNS(=O)(=O)CC3CC3)c(F)cc21. The Morgan fingerprint density at radius 3 is 2.66 bits per heavy atom. The summed E-state index contributed by atoms with van der Waals surface area (Å²) in [4.78, 5) is 12.2. The minimum Gasteiger partial charge on any atom is -0.489 e. The normalized spacial score (nSPS) is 18.4. The maximum Gasteiger partial charge on any atom is 0.252 e. The molecule has 29 heavy (non-hydrogen) atoms. The molecule has 0 aromatic heterocycles.